The first-order valence-corrected chi connectivity index (χ1v) is 12.0. The molecule has 3 fully saturated rings. The van der Waals surface area contributed by atoms with Crippen LogP contribution in [-0.2, 0) is 4.79 Å². The number of aliphatic hydroxyl groups is 1. The number of nitriles is 1. The predicted octanol–water partition coefficient (Wildman–Crippen LogP) is 3.23. The molecule has 0 aromatic carbocycles. The standard InChI is InChI=1S/C26H28N6O3/c1-2-19(33)15-29-24(34)20-16-28-22(23-4-3-18-11-17(13-27)14-30-32(18)23)12-21(20)31-25-5-8-26(35,9-6-25)10-7-25/h3-4,11-12,14,16,35H,2,5-10,15H2,1H3,(H,28,31)(H,29,34). The van der Waals surface area contributed by atoms with Gasteiger partial charge in [-0.25, -0.2) is 4.52 Å². The van der Waals surface area contributed by atoms with E-state index < -0.39 is 5.60 Å². The van der Waals surface area contributed by atoms with Gasteiger partial charge in [0, 0.05) is 18.2 Å². The topological polar surface area (TPSA) is 132 Å². The maximum absolute atomic E-state index is 13.0. The molecule has 3 aliphatic carbocycles. The van der Waals surface area contributed by atoms with E-state index in [9.17, 15) is 14.7 Å². The third kappa shape index (κ3) is 4.37. The lowest BCUT2D eigenvalue weighted by Crippen LogP contribution is -2.54. The summed E-state index contributed by atoms with van der Waals surface area (Å²) in [4.78, 5) is 29.3. The summed E-state index contributed by atoms with van der Waals surface area (Å²) >= 11 is 0. The van der Waals surface area contributed by atoms with Gasteiger partial charge >= 0.3 is 0 Å². The first-order valence-electron chi connectivity index (χ1n) is 12.0. The van der Waals surface area contributed by atoms with Crippen LogP contribution in [0.15, 0.2) is 36.7 Å². The number of nitrogens with zero attached hydrogens (tertiary/aromatic N) is 4. The van der Waals surface area contributed by atoms with Crippen molar-refractivity contribution in [2.75, 3.05) is 11.9 Å². The zero-order valence-corrected chi connectivity index (χ0v) is 19.7. The third-order valence-electron chi connectivity index (χ3n) is 7.49. The molecule has 35 heavy (non-hydrogen) atoms. The number of fused-ring (bicyclic) bond motifs is 4. The van der Waals surface area contributed by atoms with E-state index >= 15 is 0 Å². The number of ketones is 1. The zero-order valence-electron chi connectivity index (χ0n) is 19.7. The van der Waals surface area contributed by atoms with E-state index in [1.807, 2.05) is 18.2 Å². The summed E-state index contributed by atoms with van der Waals surface area (Å²) in [6, 6.07) is 9.46. The average molecular weight is 473 g/mol. The lowest BCUT2D eigenvalue weighted by molar-refractivity contribution is -0.117. The second-order valence-corrected chi connectivity index (χ2v) is 9.73. The Balaban J connectivity index is 1.51. The average Bonchev–Trinajstić information content (AvgIpc) is 3.31. The van der Waals surface area contributed by atoms with E-state index in [0.29, 0.717) is 28.9 Å². The monoisotopic (exact) mass is 472 g/mol. The van der Waals surface area contributed by atoms with E-state index in [1.54, 1.807) is 17.5 Å². The zero-order chi connectivity index (χ0) is 24.6. The molecule has 0 spiro atoms. The number of Topliss-reactive ketones (excluding diaryl/α,β-unsaturated/α-hetero) is 1. The summed E-state index contributed by atoms with van der Waals surface area (Å²) in [6.45, 7) is 1.74. The van der Waals surface area contributed by atoms with Crippen molar-refractivity contribution in [2.24, 2.45) is 0 Å². The number of nitrogens with one attached hydrogen (secondary N) is 2. The third-order valence-corrected chi connectivity index (χ3v) is 7.49. The van der Waals surface area contributed by atoms with E-state index in [2.05, 4.69) is 26.8 Å². The number of rotatable bonds is 7. The van der Waals surface area contributed by atoms with Gasteiger partial charge in [0.05, 0.1) is 52.1 Å². The second-order valence-electron chi connectivity index (χ2n) is 9.73. The molecule has 3 heterocycles. The fraction of sp³-hybridized carbons (Fsp3) is 0.423. The Morgan fingerprint density at radius 1 is 1.14 bits per heavy atom. The van der Waals surface area contributed by atoms with Crippen LogP contribution in [0, 0.1) is 11.3 Å². The minimum absolute atomic E-state index is 0.0246. The molecule has 3 aliphatic rings. The molecule has 0 saturated heterocycles. The first-order chi connectivity index (χ1) is 16.8. The molecule has 3 aromatic heterocycles. The van der Waals surface area contributed by atoms with Crippen molar-refractivity contribution in [3.8, 4) is 17.5 Å². The maximum Gasteiger partial charge on any atom is 0.255 e. The van der Waals surface area contributed by atoms with Crippen LogP contribution in [0.3, 0.4) is 0 Å². The smallest absolute Gasteiger partial charge is 0.255 e. The summed E-state index contributed by atoms with van der Waals surface area (Å²) in [5.74, 6) is -0.401. The molecule has 6 rings (SSSR count). The highest BCUT2D eigenvalue weighted by atomic mass is 16.3. The van der Waals surface area contributed by atoms with Crippen molar-refractivity contribution in [3.05, 3.63) is 47.8 Å². The second kappa shape index (κ2) is 8.78. The van der Waals surface area contributed by atoms with Gasteiger partial charge in [0.15, 0.2) is 5.78 Å². The summed E-state index contributed by atoms with van der Waals surface area (Å²) in [6.07, 6.45) is 8.07. The van der Waals surface area contributed by atoms with Gasteiger partial charge in [0.1, 0.15) is 6.07 Å². The predicted molar refractivity (Wildman–Crippen MR) is 130 cm³/mol. The number of amides is 1. The summed E-state index contributed by atoms with van der Waals surface area (Å²) in [5, 5.41) is 30.5. The molecule has 9 nitrogen and oxygen atoms in total. The van der Waals surface area contributed by atoms with Crippen LogP contribution < -0.4 is 10.6 Å². The molecule has 180 valence electrons. The highest BCUT2D eigenvalue weighted by Crippen LogP contribution is 2.48. The van der Waals surface area contributed by atoms with Gasteiger partial charge in [-0.1, -0.05) is 6.92 Å². The van der Waals surface area contributed by atoms with Crippen molar-refractivity contribution in [1.29, 1.82) is 5.26 Å². The quantitative estimate of drug-likeness (QED) is 0.481. The van der Waals surface area contributed by atoms with Crippen molar-refractivity contribution < 1.29 is 14.7 Å². The minimum atomic E-state index is -0.563. The van der Waals surface area contributed by atoms with Crippen LogP contribution in [0.25, 0.3) is 16.9 Å². The number of pyridine rings is 1. The van der Waals surface area contributed by atoms with E-state index in [4.69, 9.17) is 5.26 Å². The largest absolute Gasteiger partial charge is 0.390 e. The van der Waals surface area contributed by atoms with Crippen LogP contribution >= 0.6 is 0 Å². The van der Waals surface area contributed by atoms with Crippen LogP contribution in [-0.4, -0.2) is 49.1 Å². The number of hydrogen-bond donors (Lipinski definition) is 3. The highest BCUT2D eigenvalue weighted by molar-refractivity contribution is 6.01. The molecular formula is C26H28N6O3. The fourth-order valence-corrected chi connectivity index (χ4v) is 5.17. The van der Waals surface area contributed by atoms with Crippen LogP contribution in [0.5, 0.6) is 0 Å². The number of carbonyl (C=O) groups is 2. The molecule has 9 heteroatoms. The van der Waals surface area contributed by atoms with Crippen LogP contribution in [0.2, 0.25) is 0 Å². The lowest BCUT2D eigenvalue weighted by atomic mass is 9.63. The van der Waals surface area contributed by atoms with Crippen LogP contribution in [0.1, 0.15) is 67.8 Å². The molecule has 2 bridgehead atoms. The molecule has 0 aliphatic heterocycles. The number of carbonyl (C=O) groups excluding carboxylic acids is 2. The normalized spacial score (nSPS) is 23.1. The van der Waals surface area contributed by atoms with E-state index in [-0.39, 0.29) is 23.8 Å². The first kappa shape index (κ1) is 23.0. The Bertz CT molecular complexity index is 1330. The van der Waals surface area contributed by atoms with Crippen LogP contribution in [0.4, 0.5) is 5.69 Å². The maximum atomic E-state index is 13.0. The van der Waals surface area contributed by atoms with Crippen molar-refractivity contribution in [1.82, 2.24) is 19.9 Å². The molecule has 3 N–H and O–H groups in total. The minimum Gasteiger partial charge on any atom is -0.390 e. The Hall–Kier alpha value is -3.77. The SMILES string of the molecule is CCC(=O)CNC(=O)c1cnc(-c2ccc3cc(C#N)cnn23)cc1NC12CCC(O)(CC1)CC2. The Morgan fingerprint density at radius 2 is 1.89 bits per heavy atom. The van der Waals surface area contributed by atoms with Crippen molar-refractivity contribution in [2.45, 2.75) is 63.0 Å². The van der Waals surface area contributed by atoms with Gasteiger partial charge in [0.2, 0.25) is 0 Å². The Kier molecular flexibility index (Phi) is 5.77. The van der Waals surface area contributed by atoms with Crippen molar-refractivity contribution >= 4 is 22.9 Å². The number of anilines is 1. The van der Waals surface area contributed by atoms with Gasteiger partial charge in [-0.3, -0.25) is 14.6 Å². The number of aromatic nitrogens is 3. The molecule has 0 atom stereocenters. The van der Waals surface area contributed by atoms with Crippen molar-refractivity contribution in [3.63, 3.8) is 0 Å². The van der Waals surface area contributed by atoms with Gasteiger partial charge in [-0.15, -0.1) is 0 Å². The van der Waals surface area contributed by atoms with Gasteiger partial charge in [-0.2, -0.15) is 10.4 Å². The Labute approximate surface area is 203 Å². The number of hydrogen-bond acceptors (Lipinski definition) is 7. The fourth-order valence-electron chi connectivity index (χ4n) is 5.17. The van der Waals surface area contributed by atoms with E-state index in [0.717, 1.165) is 49.7 Å². The Morgan fingerprint density at radius 3 is 2.57 bits per heavy atom. The van der Waals surface area contributed by atoms with Gasteiger partial charge in [0.25, 0.3) is 5.91 Å². The van der Waals surface area contributed by atoms with Gasteiger partial charge in [-0.05, 0) is 62.8 Å². The molecule has 3 aromatic rings. The molecule has 0 radical (unpaired) electrons. The molecular weight excluding hydrogens is 444 g/mol. The molecule has 3 saturated carbocycles. The summed E-state index contributed by atoms with van der Waals surface area (Å²) in [7, 11) is 0. The summed E-state index contributed by atoms with van der Waals surface area (Å²) in [5.41, 5.74) is 2.87. The highest BCUT2D eigenvalue weighted by Gasteiger charge is 2.48. The van der Waals surface area contributed by atoms with E-state index in [1.165, 1.54) is 12.4 Å². The lowest BCUT2D eigenvalue weighted by Gasteiger charge is -2.51. The van der Waals surface area contributed by atoms with Gasteiger partial charge < -0.3 is 15.7 Å². The molecule has 1 amide bonds. The molecule has 0 unspecified atom stereocenters. The summed E-state index contributed by atoms with van der Waals surface area (Å²) < 4.78 is 1.71.